The van der Waals surface area contributed by atoms with Crippen molar-refractivity contribution in [3.05, 3.63) is 0 Å². The lowest BCUT2D eigenvalue weighted by Crippen LogP contribution is -2.54. The summed E-state index contributed by atoms with van der Waals surface area (Å²) in [6, 6.07) is 0. The quantitative estimate of drug-likeness (QED) is 0.387. The van der Waals surface area contributed by atoms with Gasteiger partial charge in [0.25, 0.3) is 0 Å². The number of guanidine groups is 1. The zero-order valence-corrected chi connectivity index (χ0v) is 17.2. The van der Waals surface area contributed by atoms with Crippen LogP contribution in [0.3, 0.4) is 0 Å². The van der Waals surface area contributed by atoms with Crippen molar-refractivity contribution in [3.8, 4) is 0 Å². The summed E-state index contributed by atoms with van der Waals surface area (Å²) in [5, 5.41) is 3.60. The topological polar surface area (TPSA) is 60.4 Å². The average Bonchev–Trinajstić information content (AvgIpc) is 3.23. The zero-order chi connectivity index (χ0) is 19.1. The van der Waals surface area contributed by atoms with E-state index in [0.717, 1.165) is 84.2 Å². The molecule has 0 spiro atoms. The van der Waals surface area contributed by atoms with E-state index in [1.54, 1.807) is 0 Å². The van der Waals surface area contributed by atoms with Gasteiger partial charge in [0, 0.05) is 66.1 Å². The molecule has 7 nitrogen and oxygen atoms in total. The molecule has 154 valence electrons. The lowest BCUT2D eigenvalue weighted by Gasteiger charge is -2.37. The largest absolute Gasteiger partial charge is 0.382 e. The minimum Gasteiger partial charge on any atom is -0.382 e. The lowest BCUT2D eigenvalue weighted by atomic mass is 10.0. The van der Waals surface area contributed by atoms with E-state index >= 15 is 0 Å². The summed E-state index contributed by atoms with van der Waals surface area (Å²) < 4.78 is 5.53. The number of aliphatic imine (C=N–C) groups is 1. The molecule has 3 rings (SSSR count). The fourth-order valence-electron chi connectivity index (χ4n) is 4.10. The first-order valence-electron chi connectivity index (χ1n) is 10.7. The van der Waals surface area contributed by atoms with E-state index in [4.69, 9.17) is 4.74 Å². The van der Waals surface area contributed by atoms with E-state index in [0.29, 0.717) is 17.9 Å². The molecule has 0 bridgehead atoms. The number of piperazine rings is 1. The minimum absolute atomic E-state index is 0.299. The Kier molecular flexibility index (Phi) is 7.35. The molecule has 0 radical (unpaired) electrons. The van der Waals surface area contributed by atoms with Crippen LogP contribution in [0.25, 0.3) is 0 Å². The monoisotopic (exact) mass is 379 g/mol. The Bertz CT molecular complexity index is 507. The third kappa shape index (κ3) is 5.82. The summed E-state index contributed by atoms with van der Waals surface area (Å²) in [7, 11) is 1.87. The Morgan fingerprint density at radius 2 is 1.78 bits per heavy atom. The van der Waals surface area contributed by atoms with Gasteiger partial charge < -0.3 is 19.9 Å². The molecule has 27 heavy (non-hydrogen) atoms. The van der Waals surface area contributed by atoms with Crippen LogP contribution in [0.15, 0.2) is 4.99 Å². The molecule has 0 aromatic rings. The number of rotatable bonds is 8. The van der Waals surface area contributed by atoms with Crippen LogP contribution in [-0.2, 0) is 9.53 Å². The molecule has 0 unspecified atom stereocenters. The number of likely N-dealkylation sites (tertiary alicyclic amines) is 1. The molecule has 3 fully saturated rings. The van der Waals surface area contributed by atoms with Crippen molar-refractivity contribution in [2.45, 2.75) is 39.0 Å². The number of hydrogen-bond donors (Lipinski definition) is 1. The van der Waals surface area contributed by atoms with Crippen LogP contribution in [0.2, 0.25) is 0 Å². The Balaban J connectivity index is 1.38. The second-order valence-corrected chi connectivity index (χ2v) is 8.20. The molecule has 7 heteroatoms. The maximum atomic E-state index is 12.3. The maximum absolute atomic E-state index is 12.3. The van der Waals surface area contributed by atoms with Crippen LogP contribution in [0.4, 0.5) is 0 Å². The lowest BCUT2D eigenvalue weighted by molar-refractivity contribution is -0.131. The normalized spacial score (nSPS) is 23.0. The molecule has 0 aromatic carbocycles. The first-order valence-corrected chi connectivity index (χ1v) is 10.7. The van der Waals surface area contributed by atoms with Crippen molar-refractivity contribution in [1.29, 1.82) is 0 Å². The molecule has 0 atom stereocenters. The van der Waals surface area contributed by atoms with Gasteiger partial charge in [-0.1, -0.05) is 0 Å². The van der Waals surface area contributed by atoms with Gasteiger partial charge in [0.1, 0.15) is 0 Å². The highest BCUT2D eigenvalue weighted by atomic mass is 16.5. The van der Waals surface area contributed by atoms with Crippen molar-refractivity contribution in [2.75, 3.05) is 72.6 Å². The summed E-state index contributed by atoms with van der Waals surface area (Å²) in [6.07, 6.45) is 6.03. The Morgan fingerprint density at radius 3 is 2.37 bits per heavy atom. The van der Waals surface area contributed by atoms with Crippen LogP contribution in [0, 0.1) is 5.41 Å². The maximum Gasteiger partial charge on any atom is 0.236 e. The number of amides is 1. The molecule has 1 saturated carbocycles. The summed E-state index contributed by atoms with van der Waals surface area (Å²) in [6.45, 7) is 10.9. The first kappa shape index (κ1) is 20.4. The number of nitrogens with one attached hydrogen (secondary N) is 1. The van der Waals surface area contributed by atoms with Gasteiger partial charge >= 0.3 is 0 Å². The van der Waals surface area contributed by atoms with Gasteiger partial charge in [-0.05, 0) is 44.4 Å². The third-order valence-corrected chi connectivity index (χ3v) is 6.26. The van der Waals surface area contributed by atoms with Gasteiger partial charge in [-0.25, -0.2) is 0 Å². The second kappa shape index (κ2) is 9.73. The molecule has 1 amide bonds. The predicted molar refractivity (Wildman–Crippen MR) is 108 cm³/mol. The summed E-state index contributed by atoms with van der Waals surface area (Å²) in [5.41, 5.74) is 0.412. The van der Waals surface area contributed by atoms with Gasteiger partial charge in [-0.15, -0.1) is 0 Å². The smallest absolute Gasteiger partial charge is 0.236 e. The number of nitrogens with zero attached hydrogens (tertiary/aromatic N) is 4. The fourth-order valence-corrected chi connectivity index (χ4v) is 4.10. The van der Waals surface area contributed by atoms with E-state index in [1.165, 1.54) is 12.8 Å². The molecular weight excluding hydrogens is 342 g/mol. The average molecular weight is 380 g/mol. The van der Waals surface area contributed by atoms with Gasteiger partial charge in [0.05, 0.1) is 6.54 Å². The SMILES string of the molecule is CCOCCC1(CNC(=NC)N2CCN(CC(=O)N3CCCC3)CC2)CC1. The Morgan fingerprint density at radius 1 is 1.07 bits per heavy atom. The Hall–Kier alpha value is -1.34. The van der Waals surface area contributed by atoms with Crippen LogP contribution in [0.5, 0.6) is 0 Å². The highest BCUT2D eigenvalue weighted by Gasteiger charge is 2.42. The second-order valence-electron chi connectivity index (χ2n) is 8.20. The highest BCUT2D eigenvalue weighted by Crippen LogP contribution is 2.48. The first-order chi connectivity index (χ1) is 13.2. The van der Waals surface area contributed by atoms with Gasteiger partial charge in [-0.3, -0.25) is 14.7 Å². The van der Waals surface area contributed by atoms with Crippen molar-refractivity contribution in [3.63, 3.8) is 0 Å². The van der Waals surface area contributed by atoms with Crippen LogP contribution < -0.4 is 5.32 Å². The molecule has 1 N–H and O–H groups in total. The van der Waals surface area contributed by atoms with Crippen molar-refractivity contribution >= 4 is 11.9 Å². The van der Waals surface area contributed by atoms with E-state index in [-0.39, 0.29) is 0 Å². The standard InChI is InChI=1S/C20H37N5O2/c1-3-27-15-8-20(6-7-20)17-22-19(21-2)25-13-11-23(12-14-25)16-18(26)24-9-4-5-10-24/h3-17H2,1-2H3,(H,21,22). The Labute approximate surface area is 164 Å². The highest BCUT2D eigenvalue weighted by molar-refractivity contribution is 5.80. The molecule has 2 heterocycles. The molecule has 2 aliphatic heterocycles. The van der Waals surface area contributed by atoms with Crippen LogP contribution in [-0.4, -0.2) is 99.2 Å². The predicted octanol–water partition coefficient (Wildman–Crippen LogP) is 1.01. The van der Waals surface area contributed by atoms with Crippen LogP contribution >= 0.6 is 0 Å². The summed E-state index contributed by atoms with van der Waals surface area (Å²) >= 11 is 0. The van der Waals surface area contributed by atoms with E-state index < -0.39 is 0 Å². The van der Waals surface area contributed by atoms with Crippen LogP contribution in [0.1, 0.15) is 39.0 Å². The minimum atomic E-state index is 0.299. The number of ether oxygens (including phenoxy) is 1. The number of hydrogen-bond acceptors (Lipinski definition) is 4. The molecule has 0 aromatic heterocycles. The van der Waals surface area contributed by atoms with Gasteiger partial charge in [0.15, 0.2) is 5.96 Å². The fraction of sp³-hybridized carbons (Fsp3) is 0.900. The van der Waals surface area contributed by atoms with Gasteiger partial charge in [-0.2, -0.15) is 0 Å². The van der Waals surface area contributed by atoms with Gasteiger partial charge in [0.2, 0.25) is 5.91 Å². The molecular formula is C20H37N5O2. The van der Waals surface area contributed by atoms with Crippen molar-refractivity contribution in [2.24, 2.45) is 10.4 Å². The third-order valence-electron chi connectivity index (χ3n) is 6.26. The van der Waals surface area contributed by atoms with Crippen molar-refractivity contribution < 1.29 is 9.53 Å². The number of carbonyl (C=O) groups excluding carboxylic acids is 1. The summed E-state index contributed by atoms with van der Waals surface area (Å²) in [4.78, 5) is 23.5. The molecule has 3 aliphatic rings. The summed E-state index contributed by atoms with van der Waals surface area (Å²) in [5.74, 6) is 1.30. The molecule has 1 aliphatic carbocycles. The van der Waals surface area contributed by atoms with Crippen molar-refractivity contribution in [1.82, 2.24) is 20.0 Å². The number of carbonyl (C=O) groups is 1. The van der Waals surface area contributed by atoms with E-state index in [2.05, 4.69) is 27.0 Å². The zero-order valence-electron chi connectivity index (χ0n) is 17.2. The molecule has 2 saturated heterocycles. The van der Waals surface area contributed by atoms with E-state index in [1.807, 2.05) is 11.9 Å². The van der Waals surface area contributed by atoms with E-state index in [9.17, 15) is 4.79 Å².